The maximum atomic E-state index is 12.0. The van der Waals surface area contributed by atoms with Crippen LogP contribution in [0.1, 0.15) is 29.7 Å². The summed E-state index contributed by atoms with van der Waals surface area (Å²) < 4.78 is 1.89. The SMILES string of the molecule is CCCn1ccnc1C(=O)Cc1ccccn1. The number of pyridine rings is 1. The van der Waals surface area contributed by atoms with Gasteiger partial charge in [-0.05, 0) is 18.6 Å². The summed E-state index contributed by atoms with van der Waals surface area (Å²) in [7, 11) is 0. The Labute approximate surface area is 100 Å². The van der Waals surface area contributed by atoms with Gasteiger partial charge in [0.25, 0.3) is 0 Å². The van der Waals surface area contributed by atoms with Gasteiger partial charge in [-0.15, -0.1) is 0 Å². The van der Waals surface area contributed by atoms with E-state index in [1.165, 1.54) is 0 Å². The van der Waals surface area contributed by atoms with Gasteiger partial charge in [-0.1, -0.05) is 13.0 Å². The quantitative estimate of drug-likeness (QED) is 0.738. The van der Waals surface area contributed by atoms with E-state index < -0.39 is 0 Å². The van der Waals surface area contributed by atoms with Gasteiger partial charge in [0.2, 0.25) is 5.78 Å². The lowest BCUT2D eigenvalue weighted by molar-refractivity contribution is 0.0977. The van der Waals surface area contributed by atoms with Crippen molar-refractivity contribution in [3.8, 4) is 0 Å². The van der Waals surface area contributed by atoms with Crippen molar-refractivity contribution in [1.29, 1.82) is 0 Å². The molecule has 0 aromatic carbocycles. The molecule has 4 nitrogen and oxygen atoms in total. The van der Waals surface area contributed by atoms with Crippen molar-refractivity contribution in [3.63, 3.8) is 0 Å². The van der Waals surface area contributed by atoms with Crippen LogP contribution in [0.15, 0.2) is 36.8 Å². The molecule has 0 N–H and O–H groups in total. The number of hydrogen-bond donors (Lipinski definition) is 0. The fourth-order valence-corrected chi connectivity index (χ4v) is 1.73. The largest absolute Gasteiger partial charge is 0.329 e. The van der Waals surface area contributed by atoms with Crippen molar-refractivity contribution in [1.82, 2.24) is 14.5 Å². The van der Waals surface area contributed by atoms with Crippen molar-refractivity contribution in [2.45, 2.75) is 26.3 Å². The second-order valence-electron chi connectivity index (χ2n) is 3.87. The zero-order valence-corrected chi connectivity index (χ0v) is 9.84. The summed E-state index contributed by atoms with van der Waals surface area (Å²) in [6.45, 7) is 2.90. The molecule has 0 aliphatic carbocycles. The van der Waals surface area contributed by atoms with Crippen molar-refractivity contribution in [2.75, 3.05) is 0 Å². The highest BCUT2D eigenvalue weighted by atomic mass is 16.1. The topological polar surface area (TPSA) is 47.8 Å². The first-order chi connectivity index (χ1) is 8.31. The summed E-state index contributed by atoms with van der Waals surface area (Å²) in [6, 6.07) is 5.57. The number of carbonyl (C=O) groups excluding carboxylic acids is 1. The highest BCUT2D eigenvalue weighted by Crippen LogP contribution is 2.05. The molecule has 0 bridgehead atoms. The molecule has 0 aliphatic heterocycles. The first-order valence-corrected chi connectivity index (χ1v) is 5.75. The number of nitrogens with zero attached hydrogens (tertiary/aromatic N) is 3. The number of Topliss-reactive ketones (excluding diaryl/α,β-unsaturated/α-hetero) is 1. The van der Waals surface area contributed by atoms with Gasteiger partial charge in [-0.25, -0.2) is 4.98 Å². The molecule has 0 saturated carbocycles. The molecule has 88 valence electrons. The predicted octanol–water partition coefficient (Wildman–Crippen LogP) is 2.11. The van der Waals surface area contributed by atoms with E-state index in [1.807, 2.05) is 29.0 Å². The highest BCUT2D eigenvalue weighted by Gasteiger charge is 2.13. The van der Waals surface area contributed by atoms with E-state index in [1.54, 1.807) is 12.4 Å². The van der Waals surface area contributed by atoms with Crippen LogP contribution in [0, 0.1) is 0 Å². The number of rotatable bonds is 5. The second-order valence-corrected chi connectivity index (χ2v) is 3.87. The van der Waals surface area contributed by atoms with Gasteiger partial charge in [-0.3, -0.25) is 9.78 Å². The Bertz CT molecular complexity index is 490. The molecule has 0 atom stereocenters. The third-order valence-electron chi connectivity index (χ3n) is 2.50. The lowest BCUT2D eigenvalue weighted by Crippen LogP contribution is -2.13. The molecule has 0 amide bonds. The van der Waals surface area contributed by atoms with Crippen molar-refractivity contribution in [3.05, 3.63) is 48.3 Å². The minimum atomic E-state index is 0.0159. The van der Waals surface area contributed by atoms with Gasteiger partial charge in [0, 0.05) is 30.8 Å². The zero-order valence-electron chi connectivity index (χ0n) is 9.84. The van der Waals surface area contributed by atoms with Crippen LogP contribution in [0.25, 0.3) is 0 Å². The Morgan fingerprint density at radius 3 is 2.88 bits per heavy atom. The number of carbonyl (C=O) groups is 1. The Morgan fingerprint density at radius 2 is 2.18 bits per heavy atom. The number of ketones is 1. The van der Waals surface area contributed by atoms with Crippen molar-refractivity contribution < 1.29 is 4.79 Å². The molecule has 0 aliphatic rings. The van der Waals surface area contributed by atoms with E-state index in [4.69, 9.17) is 0 Å². The molecular formula is C13H15N3O. The van der Waals surface area contributed by atoms with Gasteiger partial charge in [-0.2, -0.15) is 0 Å². The number of aryl methyl sites for hydroxylation is 1. The van der Waals surface area contributed by atoms with Gasteiger partial charge in [0.05, 0.1) is 6.42 Å². The minimum absolute atomic E-state index is 0.0159. The molecule has 17 heavy (non-hydrogen) atoms. The predicted molar refractivity (Wildman–Crippen MR) is 64.8 cm³/mol. The molecule has 0 unspecified atom stereocenters. The van der Waals surface area contributed by atoms with E-state index in [0.29, 0.717) is 12.2 Å². The average molecular weight is 229 g/mol. The van der Waals surface area contributed by atoms with Crippen LogP contribution in [-0.2, 0) is 13.0 Å². The van der Waals surface area contributed by atoms with Crippen LogP contribution < -0.4 is 0 Å². The van der Waals surface area contributed by atoms with Gasteiger partial charge in [0.1, 0.15) is 0 Å². The lowest BCUT2D eigenvalue weighted by atomic mass is 10.2. The molecule has 2 aromatic rings. The molecule has 0 saturated heterocycles. The van der Waals surface area contributed by atoms with Crippen LogP contribution in [0.3, 0.4) is 0 Å². The molecule has 2 aromatic heterocycles. The fourth-order valence-electron chi connectivity index (χ4n) is 1.73. The molecular weight excluding hydrogens is 214 g/mol. The first-order valence-electron chi connectivity index (χ1n) is 5.75. The summed E-state index contributed by atoms with van der Waals surface area (Å²) >= 11 is 0. The summed E-state index contributed by atoms with van der Waals surface area (Å²) in [5, 5.41) is 0. The number of imidazole rings is 1. The Morgan fingerprint density at radius 1 is 1.29 bits per heavy atom. The molecule has 0 spiro atoms. The summed E-state index contributed by atoms with van der Waals surface area (Å²) in [5.41, 5.74) is 0.781. The van der Waals surface area contributed by atoms with Gasteiger partial charge in [0.15, 0.2) is 5.82 Å². The number of aromatic nitrogens is 3. The third-order valence-corrected chi connectivity index (χ3v) is 2.50. The highest BCUT2D eigenvalue weighted by molar-refractivity contribution is 5.94. The number of hydrogen-bond acceptors (Lipinski definition) is 3. The monoisotopic (exact) mass is 229 g/mol. The van der Waals surface area contributed by atoms with E-state index in [-0.39, 0.29) is 5.78 Å². The molecule has 0 fully saturated rings. The standard InChI is InChI=1S/C13H15N3O/c1-2-8-16-9-7-15-13(16)12(17)10-11-5-3-4-6-14-11/h3-7,9H,2,8,10H2,1H3. The zero-order chi connectivity index (χ0) is 12.1. The first kappa shape index (κ1) is 11.5. The molecule has 0 radical (unpaired) electrons. The lowest BCUT2D eigenvalue weighted by Gasteiger charge is -2.04. The third kappa shape index (κ3) is 2.78. The average Bonchev–Trinajstić information content (AvgIpc) is 2.79. The molecule has 4 heteroatoms. The van der Waals surface area contributed by atoms with Crippen LogP contribution in [0.5, 0.6) is 0 Å². The van der Waals surface area contributed by atoms with E-state index in [9.17, 15) is 4.79 Å². The van der Waals surface area contributed by atoms with Crippen molar-refractivity contribution >= 4 is 5.78 Å². The maximum absolute atomic E-state index is 12.0. The van der Waals surface area contributed by atoms with Gasteiger partial charge >= 0.3 is 0 Å². The van der Waals surface area contributed by atoms with Gasteiger partial charge < -0.3 is 4.57 Å². The van der Waals surface area contributed by atoms with E-state index in [2.05, 4.69) is 16.9 Å². The molecule has 2 heterocycles. The van der Waals surface area contributed by atoms with E-state index >= 15 is 0 Å². The van der Waals surface area contributed by atoms with Crippen LogP contribution in [-0.4, -0.2) is 20.3 Å². The fraction of sp³-hybridized carbons (Fsp3) is 0.308. The van der Waals surface area contributed by atoms with Crippen LogP contribution in [0.4, 0.5) is 0 Å². The Balaban J connectivity index is 2.12. The second kappa shape index (κ2) is 5.39. The summed E-state index contributed by atoms with van der Waals surface area (Å²) in [4.78, 5) is 20.3. The minimum Gasteiger partial charge on any atom is -0.329 e. The molecule has 2 rings (SSSR count). The maximum Gasteiger partial charge on any atom is 0.204 e. The van der Waals surface area contributed by atoms with E-state index in [0.717, 1.165) is 18.7 Å². The summed E-state index contributed by atoms with van der Waals surface area (Å²) in [5.74, 6) is 0.541. The van der Waals surface area contributed by atoms with Crippen LogP contribution >= 0.6 is 0 Å². The van der Waals surface area contributed by atoms with Crippen molar-refractivity contribution in [2.24, 2.45) is 0 Å². The summed E-state index contributed by atoms with van der Waals surface area (Å²) in [6.07, 6.45) is 6.50. The Hall–Kier alpha value is -1.97. The Kier molecular flexibility index (Phi) is 3.65. The van der Waals surface area contributed by atoms with Crippen LogP contribution in [0.2, 0.25) is 0 Å². The normalized spacial score (nSPS) is 10.4. The smallest absolute Gasteiger partial charge is 0.204 e.